The van der Waals surface area contributed by atoms with Gasteiger partial charge in [0.05, 0.1) is 32.4 Å². The molecule has 0 aliphatic carbocycles. The smallest absolute Gasteiger partial charge is 0.305 e. The Hall–Kier alpha value is -5.95. The molecule has 0 bridgehead atoms. The Balaban J connectivity index is 3.84. The van der Waals surface area contributed by atoms with Crippen LogP contribution >= 0.6 is 0 Å². The van der Waals surface area contributed by atoms with Gasteiger partial charge in [-0.25, -0.2) is 0 Å². The number of carboxylic acid groups (broad SMARTS) is 3. The minimum Gasteiger partial charge on any atom is -0.481 e. The van der Waals surface area contributed by atoms with Crippen molar-refractivity contribution in [2.45, 2.75) is 120 Å². The van der Waals surface area contributed by atoms with E-state index in [1.54, 1.807) is 6.92 Å². The molecule has 0 aromatic carbocycles. The van der Waals surface area contributed by atoms with E-state index in [2.05, 4.69) is 42.5 Å². The number of hydrogen-bond donors (Lipinski definition) is 14. The van der Waals surface area contributed by atoms with Gasteiger partial charge in [-0.1, -0.05) is 20.3 Å². The number of aliphatic hydroxyl groups excluding tert-OH is 1. The summed E-state index contributed by atoms with van der Waals surface area (Å²) in [5.74, 6) is -14.6. The van der Waals surface area contributed by atoms with Crippen molar-refractivity contribution in [1.29, 1.82) is 0 Å². The maximum absolute atomic E-state index is 13.8. The number of aliphatic hydroxyl groups is 1. The summed E-state index contributed by atoms with van der Waals surface area (Å²) in [6.45, 7) is 1.56. The molecule has 0 saturated carbocycles. The number of carboxylic acids is 3. The quantitative estimate of drug-likeness (QED) is 0.0606. The topological polar surface area (TPSA) is 417 Å². The van der Waals surface area contributed by atoms with Crippen molar-refractivity contribution in [2.24, 2.45) is 17.4 Å². The van der Waals surface area contributed by atoms with Crippen molar-refractivity contribution in [1.82, 2.24) is 42.5 Å². The van der Waals surface area contributed by atoms with Gasteiger partial charge in [-0.3, -0.25) is 52.7 Å². The second-order valence-electron chi connectivity index (χ2n) is 14.1. The molecule has 1 fully saturated rings. The molecule has 0 unspecified atom stereocenters. The van der Waals surface area contributed by atoms with E-state index in [4.69, 9.17) is 11.5 Å². The molecule has 25 nitrogen and oxygen atoms in total. The molecule has 1 heterocycles. The predicted octanol–water partition coefficient (Wildman–Crippen LogP) is -5.77. The van der Waals surface area contributed by atoms with Gasteiger partial charge in [-0.05, 0) is 57.5 Å². The molecule has 0 aromatic rings. The van der Waals surface area contributed by atoms with Crippen LogP contribution in [-0.4, -0.2) is 154 Å². The van der Waals surface area contributed by atoms with E-state index in [1.807, 2.05) is 0 Å². The Kier molecular flexibility index (Phi) is 23.4. The minimum absolute atomic E-state index is 0.105. The highest BCUT2D eigenvalue weighted by Gasteiger charge is 2.37. The lowest BCUT2D eigenvalue weighted by Crippen LogP contribution is -2.62. The SMILES string of the molecule is CC[C@H](C)[C@@H]1NC(=O)[C@H](CCCCN)NC(=O)[C@H](CC(=O)O)NC(=O)CNC(=O)[C@H](CO)NC(=O)[C@H](CCCCN)NC(=O)[C@H](CC(=O)O)NC(=O)[C@H](CC(=O)O)NC1=O. The number of unbranched alkanes of at least 4 members (excludes halogenated alkanes) is 2. The standard InChI is InChI=1S/C35H58N10O15/c1-3-17(2)28-35(60)43-22(14-27(52)53)34(59)42-21(13-26(50)51)33(58)40-18(8-4-6-10-36)30(55)44-23(16-46)29(54)38-15-24(47)39-20(12-25(48)49)32(57)41-19(31(56)45-28)9-5-7-11-37/h17-23,28,46H,3-16,36-37H2,1-2H3,(H,38,54)(H,39,47)(H,40,58)(H,41,57)(H,42,59)(H,43,60)(H,44,55)(H,45,56)(H,48,49)(H,50,51)(H,52,53)/t17-,18-,19-,20-,21-,22-,23-,28-/m0/s1. The van der Waals surface area contributed by atoms with Gasteiger partial charge in [0.25, 0.3) is 0 Å². The van der Waals surface area contributed by atoms with E-state index in [0.29, 0.717) is 12.8 Å². The van der Waals surface area contributed by atoms with E-state index in [1.165, 1.54) is 6.92 Å². The summed E-state index contributed by atoms with van der Waals surface area (Å²) in [5.41, 5.74) is 11.1. The van der Waals surface area contributed by atoms with E-state index < -0.39 is 146 Å². The summed E-state index contributed by atoms with van der Waals surface area (Å²) in [6.07, 6.45) is -2.10. The van der Waals surface area contributed by atoms with Crippen molar-refractivity contribution in [3.63, 3.8) is 0 Å². The first kappa shape index (κ1) is 52.1. The molecule has 0 aromatic heterocycles. The minimum atomic E-state index is -1.97. The van der Waals surface area contributed by atoms with Crippen LogP contribution in [0.4, 0.5) is 0 Å². The van der Waals surface area contributed by atoms with E-state index in [-0.39, 0.29) is 45.2 Å². The van der Waals surface area contributed by atoms with Crippen LogP contribution in [-0.2, 0) is 52.7 Å². The average Bonchev–Trinajstić information content (AvgIpc) is 3.17. The number of rotatable bonds is 17. The van der Waals surface area contributed by atoms with E-state index >= 15 is 0 Å². The van der Waals surface area contributed by atoms with Crippen LogP contribution in [0.25, 0.3) is 0 Å². The zero-order valence-corrected chi connectivity index (χ0v) is 33.5. The molecule has 8 amide bonds. The zero-order valence-electron chi connectivity index (χ0n) is 33.5. The second kappa shape index (κ2) is 26.9. The van der Waals surface area contributed by atoms with Gasteiger partial charge in [0, 0.05) is 0 Å². The summed E-state index contributed by atoms with van der Waals surface area (Å²) in [5, 5.41) is 56.5. The largest absolute Gasteiger partial charge is 0.481 e. The Morgan fingerprint density at radius 3 is 1.32 bits per heavy atom. The van der Waals surface area contributed by atoms with Crippen LogP contribution in [0.2, 0.25) is 0 Å². The van der Waals surface area contributed by atoms with Gasteiger partial charge < -0.3 is 74.4 Å². The van der Waals surface area contributed by atoms with Crippen LogP contribution in [0, 0.1) is 5.92 Å². The molecule has 0 spiro atoms. The Bertz CT molecular complexity index is 1560. The fourth-order valence-electron chi connectivity index (χ4n) is 5.71. The van der Waals surface area contributed by atoms with Crippen molar-refractivity contribution >= 4 is 65.2 Å². The second-order valence-corrected chi connectivity index (χ2v) is 14.1. The molecule has 338 valence electrons. The summed E-state index contributed by atoms with van der Waals surface area (Å²) in [4.78, 5) is 143. The third kappa shape index (κ3) is 18.8. The Morgan fingerprint density at radius 2 is 0.917 bits per heavy atom. The summed E-state index contributed by atoms with van der Waals surface area (Å²) in [7, 11) is 0. The number of nitrogens with two attached hydrogens (primary N) is 2. The van der Waals surface area contributed by atoms with Crippen molar-refractivity contribution < 1.29 is 73.2 Å². The number of carbonyl (C=O) groups is 11. The predicted molar refractivity (Wildman–Crippen MR) is 206 cm³/mol. The first-order chi connectivity index (χ1) is 28.3. The summed E-state index contributed by atoms with van der Waals surface area (Å²) < 4.78 is 0. The molecular formula is C35H58N10O15. The molecule has 60 heavy (non-hydrogen) atoms. The highest BCUT2D eigenvalue weighted by atomic mass is 16.4. The molecule has 16 N–H and O–H groups in total. The van der Waals surface area contributed by atoms with Crippen LogP contribution in [0.1, 0.15) is 78.1 Å². The number of nitrogens with one attached hydrogen (secondary N) is 8. The van der Waals surface area contributed by atoms with E-state index in [0.717, 1.165) is 0 Å². The van der Waals surface area contributed by atoms with Gasteiger partial charge in [0.2, 0.25) is 47.3 Å². The van der Waals surface area contributed by atoms with Gasteiger partial charge >= 0.3 is 17.9 Å². The van der Waals surface area contributed by atoms with Crippen LogP contribution in [0.3, 0.4) is 0 Å². The number of aliphatic carboxylic acids is 3. The zero-order chi connectivity index (χ0) is 45.5. The van der Waals surface area contributed by atoms with Crippen molar-refractivity contribution in [3.8, 4) is 0 Å². The Morgan fingerprint density at radius 1 is 0.550 bits per heavy atom. The molecule has 1 aliphatic heterocycles. The maximum atomic E-state index is 13.8. The van der Waals surface area contributed by atoms with E-state index in [9.17, 15) is 73.2 Å². The third-order valence-electron chi connectivity index (χ3n) is 9.25. The lowest BCUT2D eigenvalue weighted by molar-refractivity contribution is -0.144. The molecule has 0 radical (unpaired) electrons. The summed E-state index contributed by atoms with van der Waals surface area (Å²) in [6, 6.07) is -12.0. The third-order valence-corrected chi connectivity index (χ3v) is 9.25. The van der Waals surface area contributed by atoms with Crippen LogP contribution < -0.4 is 54.0 Å². The van der Waals surface area contributed by atoms with Crippen molar-refractivity contribution in [3.05, 3.63) is 0 Å². The molecule has 1 rings (SSSR count). The lowest BCUT2D eigenvalue weighted by Gasteiger charge is -2.29. The number of amides is 8. The van der Waals surface area contributed by atoms with Crippen LogP contribution in [0.5, 0.6) is 0 Å². The molecule has 1 saturated heterocycles. The highest BCUT2D eigenvalue weighted by molar-refractivity contribution is 6.00. The normalized spacial score (nSPS) is 25.1. The van der Waals surface area contributed by atoms with Crippen molar-refractivity contribution in [2.75, 3.05) is 26.2 Å². The monoisotopic (exact) mass is 858 g/mol. The molecular weight excluding hydrogens is 800 g/mol. The maximum Gasteiger partial charge on any atom is 0.305 e. The first-order valence-electron chi connectivity index (χ1n) is 19.3. The summed E-state index contributed by atoms with van der Waals surface area (Å²) >= 11 is 0. The Labute approximate surface area is 344 Å². The first-order valence-corrected chi connectivity index (χ1v) is 19.3. The van der Waals surface area contributed by atoms with Gasteiger partial charge in [-0.15, -0.1) is 0 Å². The fraction of sp³-hybridized carbons (Fsp3) is 0.686. The molecule has 8 atom stereocenters. The molecule has 1 aliphatic rings. The fourth-order valence-corrected chi connectivity index (χ4v) is 5.71. The van der Waals surface area contributed by atoms with Gasteiger partial charge in [-0.2, -0.15) is 0 Å². The number of carbonyl (C=O) groups excluding carboxylic acids is 8. The van der Waals surface area contributed by atoms with Gasteiger partial charge in [0.1, 0.15) is 42.3 Å². The van der Waals surface area contributed by atoms with Crippen LogP contribution in [0.15, 0.2) is 0 Å². The average molecular weight is 859 g/mol. The number of hydrogen-bond acceptors (Lipinski definition) is 14. The van der Waals surface area contributed by atoms with Gasteiger partial charge in [0.15, 0.2) is 0 Å². The lowest BCUT2D eigenvalue weighted by atomic mass is 9.96. The molecule has 25 heteroatoms. The highest BCUT2D eigenvalue weighted by Crippen LogP contribution is 2.12.